The van der Waals surface area contributed by atoms with Crippen LogP contribution in [0.15, 0.2) is 34.9 Å². The van der Waals surface area contributed by atoms with Gasteiger partial charge >= 0.3 is 0 Å². The number of halogens is 3. The molecule has 124 valence electrons. The van der Waals surface area contributed by atoms with Crippen molar-refractivity contribution in [3.8, 4) is 5.69 Å². The lowest BCUT2D eigenvalue weighted by atomic mass is 10.2. The zero-order valence-electron chi connectivity index (χ0n) is 12.5. The normalized spacial score (nSPS) is 17.7. The second kappa shape index (κ2) is 7.42. The summed E-state index contributed by atoms with van der Waals surface area (Å²) in [6.45, 7) is 4.24. The van der Waals surface area contributed by atoms with Crippen LogP contribution in [-0.4, -0.2) is 46.3 Å². The summed E-state index contributed by atoms with van der Waals surface area (Å²) in [6.07, 6.45) is 1.72. The molecule has 1 fully saturated rings. The number of piperazine rings is 1. The zero-order valence-corrected chi connectivity index (χ0v) is 14.9. The van der Waals surface area contributed by atoms with E-state index in [0.717, 1.165) is 13.1 Å². The van der Waals surface area contributed by atoms with E-state index in [-0.39, 0.29) is 30.2 Å². The van der Waals surface area contributed by atoms with Crippen molar-refractivity contribution in [2.24, 2.45) is 0 Å². The van der Waals surface area contributed by atoms with E-state index < -0.39 is 0 Å². The van der Waals surface area contributed by atoms with Crippen LogP contribution in [0.2, 0.25) is 0 Å². The lowest BCUT2D eigenvalue weighted by Crippen LogP contribution is -2.52. The van der Waals surface area contributed by atoms with Crippen molar-refractivity contribution in [2.75, 3.05) is 19.6 Å². The average Bonchev–Trinajstić information content (AvgIpc) is 2.90. The first-order valence-electron chi connectivity index (χ1n) is 7.09. The molecule has 0 radical (unpaired) electrons. The van der Waals surface area contributed by atoms with Gasteiger partial charge in [-0.15, -0.1) is 12.4 Å². The Labute approximate surface area is 148 Å². The van der Waals surface area contributed by atoms with Crippen molar-refractivity contribution >= 4 is 34.2 Å². The molecule has 0 unspecified atom stereocenters. The van der Waals surface area contributed by atoms with Gasteiger partial charge in [-0.05, 0) is 47.1 Å². The van der Waals surface area contributed by atoms with E-state index in [1.165, 1.54) is 12.1 Å². The smallest absolute Gasteiger partial charge is 0.275 e. The van der Waals surface area contributed by atoms with E-state index in [1.807, 2.05) is 11.8 Å². The number of hydrogen-bond donors (Lipinski definition) is 1. The van der Waals surface area contributed by atoms with E-state index in [1.54, 1.807) is 23.0 Å². The highest BCUT2D eigenvalue weighted by molar-refractivity contribution is 9.10. The van der Waals surface area contributed by atoms with Gasteiger partial charge in [0, 0.05) is 31.9 Å². The van der Waals surface area contributed by atoms with E-state index in [2.05, 4.69) is 26.3 Å². The molecule has 0 saturated carbocycles. The van der Waals surface area contributed by atoms with E-state index in [0.29, 0.717) is 22.4 Å². The van der Waals surface area contributed by atoms with Crippen molar-refractivity contribution in [2.45, 2.75) is 13.0 Å². The molecular weight excluding hydrogens is 387 g/mol. The van der Waals surface area contributed by atoms with E-state index in [4.69, 9.17) is 0 Å². The third kappa shape index (κ3) is 3.73. The first-order valence-corrected chi connectivity index (χ1v) is 7.88. The minimum atomic E-state index is -0.305. The molecule has 1 saturated heterocycles. The van der Waals surface area contributed by atoms with Crippen LogP contribution in [0, 0.1) is 5.82 Å². The molecule has 2 aromatic rings. The lowest BCUT2D eigenvalue weighted by molar-refractivity contribution is 0.0648. The molecule has 0 bridgehead atoms. The fourth-order valence-electron chi connectivity index (χ4n) is 2.50. The largest absolute Gasteiger partial charge is 0.332 e. The number of nitrogens with zero attached hydrogens (tertiary/aromatic N) is 3. The number of amides is 1. The Kier molecular flexibility index (Phi) is 5.78. The van der Waals surface area contributed by atoms with Gasteiger partial charge in [0.25, 0.3) is 5.91 Å². The van der Waals surface area contributed by atoms with E-state index in [9.17, 15) is 9.18 Å². The van der Waals surface area contributed by atoms with Gasteiger partial charge in [0.05, 0.1) is 10.2 Å². The summed E-state index contributed by atoms with van der Waals surface area (Å²) in [7, 11) is 0. The van der Waals surface area contributed by atoms with Crippen LogP contribution in [0.4, 0.5) is 4.39 Å². The van der Waals surface area contributed by atoms with Crippen LogP contribution in [0.25, 0.3) is 5.69 Å². The van der Waals surface area contributed by atoms with Gasteiger partial charge in [-0.1, -0.05) is 0 Å². The molecule has 1 amide bonds. The maximum atomic E-state index is 13.0. The Hall–Kier alpha value is -1.44. The SMILES string of the molecule is C[C@@H]1CNCCN1C(=O)c1nn(-c2ccc(F)cc2)cc1Br.Cl. The summed E-state index contributed by atoms with van der Waals surface area (Å²) in [5.41, 5.74) is 1.08. The van der Waals surface area contributed by atoms with Crippen molar-refractivity contribution in [3.05, 3.63) is 46.4 Å². The number of hydrogen-bond acceptors (Lipinski definition) is 3. The highest BCUT2D eigenvalue weighted by Gasteiger charge is 2.27. The van der Waals surface area contributed by atoms with Crippen molar-refractivity contribution < 1.29 is 9.18 Å². The predicted molar refractivity (Wildman–Crippen MR) is 91.8 cm³/mol. The van der Waals surface area contributed by atoms with Gasteiger partial charge in [0.1, 0.15) is 5.82 Å². The summed E-state index contributed by atoms with van der Waals surface area (Å²) in [5.74, 6) is -0.400. The fourth-order valence-corrected chi connectivity index (χ4v) is 2.95. The van der Waals surface area contributed by atoms with Crippen molar-refractivity contribution in [1.29, 1.82) is 0 Å². The topological polar surface area (TPSA) is 50.2 Å². The van der Waals surface area contributed by atoms with Crippen molar-refractivity contribution in [1.82, 2.24) is 20.0 Å². The fraction of sp³-hybridized carbons (Fsp3) is 0.333. The van der Waals surface area contributed by atoms with E-state index >= 15 is 0 Å². The summed E-state index contributed by atoms with van der Waals surface area (Å²) < 4.78 is 15.2. The third-order valence-electron chi connectivity index (χ3n) is 3.73. The van der Waals surface area contributed by atoms with Crippen LogP contribution in [0.5, 0.6) is 0 Å². The Morgan fingerprint density at radius 1 is 1.39 bits per heavy atom. The summed E-state index contributed by atoms with van der Waals surface area (Å²) >= 11 is 3.40. The standard InChI is InChI=1S/C15H16BrFN4O.ClH/c1-10-8-18-6-7-20(10)15(22)14-13(16)9-21(19-14)12-4-2-11(17)3-5-12;/h2-5,9-10,18H,6-8H2,1H3;1H/t10-;/m1./s1. The number of aromatic nitrogens is 2. The summed E-state index contributed by atoms with van der Waals surface area (Å²) in [4.78, 5) is 14.5. The second-order valence-electron chi connectivity index (χ2n) is 5.30. The second-order valence-corrected chi connectivity index (χ2v) is 6.15. The van der Waals surface area contributed by atoms with Crippen LogP contribution < -0.4 is 5.32 Å². The molecule has 0 aliphatic carbocycles. The highest BCUT2D eigenvalue weighted by Crippen LogP contribution is 2.21. The molecule has 1 aliphatic rings. The zero-order chi connectivity index (χ0) is 15.7. The molecule has 2 heterocycles. The predicted octanol–water partition coefficient (Wildman–Crippen LogP) is 2.63. The number of rotatable bonds is 2. The van der Waals surface area contributed by atoms with Crippen LogP contribution in [0.3, 0.4) is 0 Å². The van der Waals surface area contributed by atoms with Crippen LogP contribution in [-0.2, 0) is 0 Å². The molecular formula is C15H17BrClFN4O. The maximum absolute atomic E-state index is 13.0. The molecule has 23 heavy (non-hydrogen) atoms. The van der Waals surface area contributed by atoms with Gasteiger partial charge in [-0.2, -0.15) is 5.10 Å². The average molecular weight is 404 g/mol. The Morgan fingerprint density at radius 3 is 2.74 bits per heavy atom. The number of nitrogens with one attached hydrogen (secondary N) is 1. The van der Waals surface area contributed by atoms with Crippen molar-refractivity contribution in [3.63, 3.8) is 0 Å². The maximum Gasteiger partial charge on any atom is 0.275 e. The number of carbonyl (C=O) groups excluding carboxylic acids is 1. The third-order valence-corrected chi connectivity index (χ3v) is 4.31. The molecule has 1 aromatic heterocycles. The minimum absolute atomic E-state index is 0. The quantitative estimate of drug-likeness (QED) is 0.839. The molecule has 5 nitrogen and oxygen atoms in total. The molecule has 1 aliphatic heterocycles. The Balaban J connectivity index is 0.00000192. The monoisotopic (exact) mass is 402 g/mol. The van der Waals surface area contributed by atoms with Gasteiger partial charge in [-0.3, -0.25) is 4.79 Å². The molecule has 1 N–H and O–H groups in total. The molecule has 1 atom stereocenters. The van der Waals surface area contributed by atoms with Gasteiger partial charge < -0.3 is 10.2 Å². The van der Waals surface area contributed by atoms with Gasteiger partial charge in [0.2, 0.25) is 0 Å². The Bertz CT molecular complexity index is 691. The molecule has 0 spiro atoms. The highest BCUT2D eigenvalue weighted by atomic mass is 79.9. The lowest BCUT2D eigenvalue weighted by Gasteiger charge is -2.33. The number of carbonyl (C=O) groups is 1. The van der Waals surface area contributed by atoms with Gasteiger partial charge in [-0.25, -0.2) is 9.07 Å². The number of benzene rings is 1. The summed E-state index contributed by atoms with van der Waals surface area (Å²) in [5, 5.41) is 7.61. The first kappa shape index (κ1) is 17.9. The Morgan fingerprint density at radius 2 is 2.09 bits per heavy atom. The minimum Gasteiger partial charge on any atom is -0.332 e. The van der Waals surface area contributed by atoms with Crippen LogP contribution in [0.1, 0.15) is 17.4 Å². The molecule has 8 heteroatoms. The molecule has 1 aromatic carbocycles. The summed E-state index contributed by atoms with van der Waals surface area (Å²) in [6, 6.07) is 6.10. The molecule has 3 rings (SSSR count). The van der Waals surface area contributed by atoms with Gasteiger partial charge in [0.15, 0.2) is 5.69 Å². The first-order chi connectivity index (χ1) is 10.6. The van der Waals surface area contributed by atoms with Crippen LogP contribution >= 0.6 is 28.3 Å².